The van der Waals surface area contributed by atoms with Gasteiger partial charge in [-0.25, -0.2) is 0 Å². The van der Waals surface area contributed by atoms with Crippen LogP contribution in [0, 0.1) is 6.42 Å². The summed E-state index contributed by atoms with van der Waals surface area (Å²) in [5.41, 5.74) is -0.636. The molecular formula is C12H12F5. The standard InChI is InChI=1S/C12H12F5/c1-2-3-5-9-6-4-7-10(8-9)11(13,14)12(15,16)17/h4-8H,2-3H2,1H3. The number of hydrogen-bond donors (Lipinski definition) is 0. The fourth-order valence-corrected chi connectivity index (χ4v) is 1.34. The molecule has 0 saturated heterocycles. The van der Waals surface area contributed by atoms with Crippen molar-refractivity contribution in [3.05, 3.63) is 41.8 Å². The van der Waals surface area contributed by atoms with E-state index < -0.39 is 17.7 Å². The zero-order chi connectivity index (χ0) is 13.1. The van der Waals surface area contributed by atoms with E-state index in [1.54, 1.807) is 6.42 Å². The molecule has 5 heteroatoms. The first-order valence-corrected chi connectivity index (χ1v) is 5.17. The van der Waals surface area contributed by atoms with Crippen LogP contribution in [0.2, 0.25) is 0 Å². The Morgan fingerprint density at radius 1 is 1.12 bits per heavy atom. The number of halogens is 5. The summed E-state index contributed by atoms with van der Waals surface area (Å²) in [6.07, 6.45) is -2.48. The Labute approximate surface area is 96.4 Å². The van der Waals surface area contributed by atoms with E-state index in [2.05, 4.69) is 0 Å². The van der Waals surface area contributed by atoms with E-state index in [0.717, 1.165) is 18.6 Å². The number of alkyl halides is 5. The smallest absolute Gasteiger partial charge is 0.191 e. The summed E-state index contributed by atoms with van der Waals surface area (Å²) < 4.78 is 62.5. The highest BCUT2D eigenvalue weighted by atomic mass is 19.4. The fourth-order valence-electron chi connectivity index (χ4n) is 1.34. The van der Waals surface area contributed by atoms with Crippen LogP contribution in [0.15, 0.2) is 24.3 Å². The number of rotatable bonds is 4. The van der Waals surface area contributed by atoms with Crippen LogP contribution in [-0.2, 0) is 5.92 Å². The Bertz CT molecular complexity index is 367. The van der Waals surface area contributed by atoms with E-state index in [0.29, 0.717) is 12.0 Å². The molecule has 1 radical (unpaired) electrons. The molecule has 17 heavy (non-hydrogen) atoms. The molecule has 0 bridgehead atoms. The number of unbranched alkanes of at least 4 members (excludes halogenated alkanes) is 1. The second-order valence-corrected chi connectivity index (χ2v) is 3.69. The van der Waals surface area contributed by atoms with Crippen molar-refractivity contribution in [3.8, 4) is 0 Å². The fraction of sp³-hybridized carbons (Fsp3) is 0.417. The molecule has 1 rings (SSSR count). The SMILES string of the molecule is CCC[CH]c1cccc(C(F)(F)C(F)(F)F)c1. The van der Waals surface area contributed by atoms with Crippen molar-refractivity contribution in [2.45, 2.75) is 31.9 Å². The molecule has 0 amide bonds. The molecule has 0 unspecified atom stereocenters. The normalized spacial score (nSPS) is 12.8. The van der Waals surface area contributed by atoms with Gasteiger partial charge >= 0.3 is 12.1 Å². The van der Waals surface area contributed by atoms with Crippen LogP contribution in [0.25, 0.3) is 0 Å². The molecule has 0 saturated carbocycles. The van der Waals surface area contributed by atoms with Gasteiger partial charge in [0.15, 0.2) is 0 Å². The Kier molecular flexibility index (Phi) is 4.11. The van der Waals surface area contributed by atoms with Crippen molar-refractivity contribution in [1.29, 1.82) is 0 Å². The molecule has 0 N–H and O–H groups in total. The monoisotopic (exact) mass is 251 g/mol. The Morgan fingerprint density at radius 2 is 1.76 bits per heavy atom. The van der Waals surface area contributed by atoms with Gasteiger partial charge in [-0.15, -0.1) is 0 Å². The van der Waals surface area contributed by atoms with E-state index in [1.807, 2.05) is 6.92 Å². The second kappa shape index (κ2) is 5.02. The minimum Gasteiger partial charge on any atom is -0.191 e. The van der Waals surface area contributed by atoms with Crippen molar-refractivity contribution in [1.82, 2.24) is 0 Å². The molecule has 0 aliphatic carbocycles. The first-order chi connectivity index (χ1) is 7.79. The lowest BCUT2D eigenvalue weighted by molar-refractivity contribution is -0.289. The average molecular weight is 251 g/mol. The van der Waals surface area contributed by atoms with Crippen molar-refractivity contribution in [3.63, 3.8) is 0 Å². The molecular weight excluding hydrogens is 239 g/mol. The van der Waals surface area contributed by atoms with E-state index in [4.69, 9.17) is 0 Å². The summed E-state index contributed by atoms with van der Waals surface area (Å²) in [7, 11) is 0. The summed E-state index contributed by atoms with van der Waals surface area (Å²) in [5.74, 6) is -4.80. The third-order valence-corrected chi connectivity index (χ3v) is 2.27. The maximum Gasteiger partial charge on any atom is 0.458 e. The van der Waals surface area contributed by atoms with Gasteiger partial charge in [-0.05, 0) is 24.5 Å². The van der Waals surface area contributed by atoms with Crippen molar-refractivity contribution in [2.75, 3.05) is 0 Å². The lowest BCUT2D eigenvalue weighted by Gasteiger charge is -2.20. The van der Waals surface area contributed by atoms with Gasteiger partial charge in [-0.1, -0.05) is 31.5 Å². The first-order valence-electron chi connectivity index (χ1n) is 5.17. The molecule has 1 aromatic rings. The minimum atomic E-state index is -5.56. The number of hydrogen-bond acceptors (Lipinski definition) is 0. The zero-order valence-electron chi connectivity index (χ0n) is 9.19. The van der Waals surface area contributed by atoms with Crippen LogP contribution in [-0.4, -0.2) is 6.18 Å². The maximum absolute atomic E-state index is 13.0. The van der Waals surface area contributed by atoms with E-state index in [9.17, 15) is 22.0 Å². The topological polar surface area (TPSA) is 0 Å². The van der Waals surface area contributed by atoms with Gasteiger partial charge in [0.1, 0.15) is 0 Å². The third kappa shape index (κ3) is 3.17. The average Bonchev–Trinajstić information content (AvgIpc) is 2.25. The van der Waals surface area contributed by atoms with Gasteiger partial charge in [-0.2, -0.15) is 22.0 Å². The highest BCUT2D eigenvalue weighted by Gasteiger charge is 2.58. The van der Waals surface area contributed by atoms with Crippen LogP contribution in [0.5, 0.6) is 0 Å². The van der Waals surface area contributed by atoms with Crippen LogP contribution in [0.4, 0.5) is 22.0 Å². The molecule has 0 heterocycles. The quantitative estimate of drug-likeness (QED) is 0.681. The summed E-state index contributed by atoms with van der Waals surface area (Å²) in [6, 6.07) is 4.38. The summed E-state index contributed by atoms with van der Waals surface area (Å²) in [6.45, 7) is 1.89. The van der Waals surface area contributed by atoms with Crippen molar-refractivity contribution >= 4 is 0 Å². The van der Waals surface area contributed by atoms with Gasteiger partial charge in [0, 0.05) is 5.56 Å². The highest BCUT2D eigenvalue weighted by Crippen LogP contribution is 2.43. The van der Waals surface area contributed by atoms with Crippen LogP contribution >= 0.6 is 0 Å². The lowest BCUT2D eigenvalue weighted by Crippen LogP contribution is -2.33. The summed E-state index contributed by atoms with van der Waals surface area (Å²) >= 11 is 0. The van der Waals surface area contributed by atoms with E-state index >= 15 is 0 Å². The van der Waals surface area contributed by atoms with Crippen molar-refractivity contribution < 1.29 is 22.0 Å². The zero-order valence-corrected chi connectivity index (χ0v) is 9.19. The Hall–Kier alpha value is -1.13. The Balaban J connectivity index is 2.99. The molecule has 0 atom stereocenters. The molecule has 0 nitrogen and oxygen atoms in total. The predicted molar refractivity (Wildman–Crippen MR) is 54.7 cm³/mol. The molecule has 0 aliphatic heterocycles. The van der Waals surface area contributed by atoms with Crippen molar-refractivity contribution in [2.24, 2.45) is 0 Å². The highest BCUT2D eigenvalue weighted by molar-refractivity contribution is 5.31. The summed E-state index contributed by atoms with van der Waals surface area (Å²) in [5, 5.41) is 0. The molecule has 0 spiro atoms. The van der Waals surface area contributed by atoms with Crippen LogP contribution < -0.4 is 0 Å². The van der Waals surface area contributed by atoms with E-state index in [1.165, 1.54) is 12.1 Å². The Morgan fingerprint density at radius 3 is 2.29 bits per heavy atom. The van der Waals surface area contributed by atoms with Gasteiger partial charge in [0.25, 0.3) is 0 Å². The van der Waals surface area contributed by atoms with Crippen LogP contribution in [0.1, 0.15) is 30.9 Å². The largest absolute Gasteiger partial charge is 0.458 e. The molecule has 95 valence electrons. The van der Waals surface area contributed by atoms with Crippen LogP contribution in [0.3, 0.4) is 0 Å². The van der Waals surface area contributed by atoms with Gasteiger partial charge in [0.05, 0.1) is 0 Å². The van der Waals surface area contributed by atoms with Gasteiger partial charge in [-0.3, -0.25) is 0 Å². The van der Waals surface area contributed by atoms with Gasteiger partial charge < -0.3 is 0 Å². The minimum absolute atomic E-state index is 0.383. The maximum atomic E-state index is 13.0. The molecule has 0 aromatic heterocycles. The molecule has 0 aliphatic rings. The molecule has 1 aromatic carbocycles. The number of benzene rings is 1. The molecule has 0 fully saturated rings. The lowest BCUT2D eigenvalue weighted by atomic mass is 10.0. The van der Waals surface area contributed by atoms with E-state index in [-0.39, 0.29) is 0 Å². The van der Waals surface area contributed by atoms with Gasteiger partial charge in [0.2, 0.25) is 0 Å². The summed E-state index contributed by atoms with van der Waals surface area (Å²) in [4.78, 5) is 0. The predicted octanol–water partition coefficient (Wildman–Crippen LogP) is 4.69. The third-order valence-electron chi connectivity index (χ3n) is 2.27. The second-order valence-electron chi connectivity index (χ2n) is 3.69. The first kappa shape index (κ1) is 13.9.